The first-order chi connectivity index (χ1) is 9.47. The lowest BCUT2D eigenvalue weighted by molar-refractivity contribution is -0.0499. The summed E-state index contributed by atoms with van der Waals surface area (Å²) in [5, 5.41) is 3.20. The summed E-state index contributed by atoms with van der Waals surface area (Å²) in [6.45, 7) is 8.13. The summed E-state index contributed by atoms with van der Waals surface area (Å²) in [6.07, 6.45) is 1.34. The molecule has 0 amide bonds. The van der Waals surface area contributed by atoms with Crippen molar-refractivity contribution < 1.29 is 13.5 Å². The first kappa shape index (κ1) is 17.1. The van der Waals surface area contributed by atoms with Crippen LogP contribution in [0.1, 0.15) is 50.8 Å². The van der Waals surface area contributed by atoms with E-state index >= 15 is 0 Å². The SMILES string of the molecule is CCNC(c1c(F)ccc(C)c1F)C(CC)(CC)OC. The van der Waals surface area contributed by atoms with Crippen LogP contribution >= 0.6 is 0 Å². The van der Waals surface area contributed by atoms with E-state index in [-0.39, 0.29) is 5.56 Å². The molecule has 0 heterocycles. The molecule has 4 heteroatoms. The van der Waals surface area contributed by atoms with Gasteiger partial charge in [-0.2, -0.15) is 0 Å². The topological polar surface area (TPSA) is 21.3 Å². The van der Waals surface area contributed by atoms with Gasteiger partial charge >= 0.3 is 0 Å². The van der Waals surface area contributed by atoms with Crippen molar-refractivity contribution >= 4 is 0 Å². The predicted molar refractivity (Wildman–Crippen MR) is 77.8 cm³/mol. The van der Waals surface area contributed by atoms with E-state index in [1.807, 2.05) is 20.8 Å². The maximum absolute atomic E-state index is 14.4. The molecule has 114 valence electrons. The molecule has 1 atom stereocenters. The molecule has 0 bridgehead atoms. The lowest BCUT2D eigenvalue weighted by atomic mass is 9.82. The van der Waals surface area contributed by atoms with Gasteiger partial charge in [0.25, 0.3) is 0 Å². The number of hydrogen-bond donors (Lipinski definition) is 1. The first-order valence-corrected chi connectivity index (χ1v) is 7.20. The van der Waals surface area contributed by atoms with Crippen molar-refractivity contribution in [3.05, 3.63) is 34.9 Å². The second-order valence-corrected chi connectivity index (χ2v) is 5.06. The summed E-state index contributed by atoms with van der Waals surface area (Å²) in [4.78, 5) is 0. The van der Waals surface area contributed by atoms with E-state index in [0.29, 0.717) is 24.9 Å². The van der Waals surface area contributed by atoms with E-state index < -0.39 is 23.3 Å². The van der Waals surface area contributed by atoms with Crippen LogP contribution < -0.4 is 5.32 Å². The zero-order valence-electron chi connectivity index (χ0n) is 13.0. The third-order valence-corrected chi connectivity index (χ3v) is 4.15. The summed E-state index contributed by atoms with van der Waals surface area (Å²) in [5.74, 6) is -1.01. The second-order valence-electron chi connectivity index (χ2n) is 5.06. The lowest BCUT2D eigenvalue weighted by Gasteiger charge is -2.39. The van der Waals surface area contributed by atoms with Gasteiger partial charge in [0.15, 0.2) is 0 Å². The summed E-state index contributed by atoms with van der Waals surface area (Å²) in [5.41, 5.74) is -0.0928. The van der Waals surface area contributed by atoms with Gasteiger partial charge in [-0.15, -0.1) is 0 Å². The molecular formula is C16H25F2NO. The number of methoxy groups -OCH3 is 1. The smallest absolute Gasteiger partial charge is 0.133 e. The Morgan fingerprint density at radius 2 is 1.80 bits per heavy atom. The Morgan fingerprint density at radius 1 is 1.20 bits per heavy atom. The fourth-order valence-electron chi connectivity index (χ4n) is 2.76. The summed E-state index contributed by atoms with van der Waals surface area (Å²) >= 11 is 0. The van der Waals surface area contributed by atoms with Crippen LogP contribution in [0.4, 0.5) is 8.78 Å². The van der Waals surface area contributed by atoms with E-state index in [1.165, 1.54) is 12.1 Å². The van der Waals surface area contributed by atoms with Crippen molar-refractivity contribution in [1.82, 2.24) is 5.32 Å². The van der Waals surface area contributed by atoms with Gasteiger partial charge in [0.05, 0.1) is 11.6 Å². The Labute approximate surface area is 120 Å². The molecule has 0 saturated carbocycles. The number of likely N-dealkylation sites (N-methyl/N-ethyl adjacent to an activating group) is 1. The molecule has 0 aliphatic rings. The van der Waals surface area contributed by atoms with Crippen LogP contribution in [0.2, 0.25) is 0 Å². The molecule has 0 saturated heterocycles. The van der Waals surface area contributed by atoms with Crippen molar-refractivity contribution in [1.29, 1.82) is 0 Å². The fraction of sp³-hybridized carbons (Fsp3) is 0.625. The Morgan fingerprint density at radius 3 is 2.25 bits per heavy atom. The number of aryl methyl sites for hydroxylation is 1. The largest absolute Gasteiger partial charge is 0.376 e. The van der Waals surface area contributed by atoms with Gasteiger partial charge in [-0.1, -0.05) is 26.8 Å². The number of nitrogens with one attached hydrogen (secondary N) is 1. The molecule has 0 fully saturated rings. The minimum atomic E-state index is -0.620. The molecule has 1 rings (SSSR count). The van der Waals surface area contributed by atoms with Gasteiger partial charge in [0, 0.05) is 12.7 Å². The molecule has 0 spiro atoms. The van der Waals surface area contributed by atoms with Crippen LogP contribution in [0.15, 0.2) is 12.1 Å². The molecule has 0 aliphatic carbocycles. The molecule has 0 aliphatic heterocycles. The van der Waals surface area contributed by atoms with E-state index in [0.717, 1.165) is 0 Å². The molecule has 1 N–H and O–H groups in total. The van der Waals surface area contributed by atoms with Crippen molar-refractivity contribution in [2.45, 2.75) is 52.2 Å². The van der Waals surface area contributed by atoms with Crippen LogP contribution in [0.3, 0.4) is 0 Å². The number of benzene rings is 1. The van der Waals surface area contributed by atoms with Gasteiger partial charge in [0.2, 0.25) is 0 Å². The molecule has 1 aromatic carbocycles. The first-order valence-electron chi connectivity index (χ1n) is 7.20. The third-order valence-electron chi connectivity index (χ3n) is 4.15. The van der Waals surface area contributed by atoms with Crippen molar-refractivity contribution in [3.8, 4) is 0 Å². The predicted octanol–water partition coefficient (Wildman–Crippen LogP) is 4.13. The van der Waals surface area contributed by atoms with E-state index in [9.17, 15) is 8.78 Å². The van der Waals surface area contributed by atoms with Gasteiger partial charge in [-0.3, -0.25) is 0 Å². The minimum Gasteiger partial charge on any atom is -0.376 e. The third kappa shape index (κ3) is 3.01. The van der Waals surface area contributed by atoms with E-state index in [4.69, 9.17) is 4.74 Å². The monoisotopic (exact) mass is 285 g/mol. The lowest BCUT2D eigenvalue weighted by Crippen LogP contribution is -2.45. The number of hydrogen-bond acceptors (Lipinski definition) is 2. The summed E-state index contributed by atoms with van der Waals surface area (Å²) in [7, 11) is 1.60. The normalized spacial score (nSPS) is 13.6. The number of ether oxygens (including phenoxy) is 1. The van der Waals surface area contributed by atoms with Crippen molar-refractivity contribution in [3.63, 3.8) is 0 Å². The minimum absolute atomic E-state index is 0.0809. The number of halogens is 2. The highest BCUT2D eigenvalue weighted by Gasteiger charge is 2.39. The Balaban J connectivity index is 3.44. The van der Waals surface area contributed by atoms with Crippen LogP contribution in [0, 0.1) is 18.6 Å². The van der Waals surface area contributed by atoms with Crippen molar-refractivity contribution in [2.75, 3.05) is 13.7 Å². The Kier molecular flexibility index (Phi) is 6.08. The molecular weight excluding hydrogens is 260 g/mol. The average molecular weight is 285 g/mol. The van der Waals surface area contributed by atoms with E-state index in [2.05, 4.69) is 5.32 Å². The molecule has 20 heavy (non-hydrogen) atoms. The van der Waals surface area contributed by atoms with Crippen molar-refractivity contribution in [2.24, 2.45) is 0 Å². The van der Waals surface area contributed by atoms with Crippen LogP contribution in [0.5, 0.6) is 0 Å². The van der Waals surface area contributed by atoms with Gasteiger partial charge in [0.1, 0.15) is 11.6 Å². The Hall–Kier alpha value is -1.00. The summed E-state index contributed by atoms with van der Waals surface area (Å²) in [6, 6.07) is 2.28. The molecule has 1 unspecified atom stereocenters. The summed E-state index contributed by atoms with van der Waals surface area (Å²) < 4.78 is 34.3. The van der Waals surface area contributed by atoms with Crippen LogP contribution in [-0.2, 0) is 4.74 Å². The van der Waals surface area contributed by atoms with Crippen LogP contribution in [0.25, 0.3) is 0 Å². The number of rotatable bonds is 7. The second kappa shape index (κ2) is 7.14. The van der Waals surface area contributed by atoms with Gasteiger partial charge < -0.3 is 10.1 Å². The quantitative estimate of drug-likeness (QED) is 0.813. The highest BCUT2D eigenvalue weighted by molar-refractivity contribution is 5.31. The standard InChI is InChI=1S/C16H25F2NO/c1-6-16(7-2,20-5)15(19-8-3)13-12(17)10-9-11(4)14(13)18/h9-10,15,19H,6-8H2,1-5H3. The highest BCUT2D eigenvalue weighted by Crippen LogP contribution is 2.37. The average Bonchev–Trinajstić information content (AvgIpc) is 2.46. The maximum Gasteiger partial charge on any atom is 0.133 e. The Bertz CT molecular complexity index is 436. The van der Waals surface area contributed by atoms with Gasteiger partial charge in [-0.25, -0.2) is 8.78 Å². The zero-order valence-corrected chi connectivity index (χ0v) is 13.0. The van der Waals surface area contributed by atoms with Crippen LogP contribution in [-0.4, -0.2) is 19.3 Å². The highest BCUT2D eigenvalue weighted by atomic mass is 19.1. The maximum atomic E-state index is 14.4. The molecule has 1 aromatic rings. The zero-order chi connectivity index (χ0) is 15.3. The van der Waals surface area contributed by atoms with E-state index in [1.54, 1.807) is 14.0 Å². The molecule has 0 radical (unpaired) electrons. The molecule has 0 aromatic heterocycles. The fourth-order valence-corrected chi connectivity index (χ4v) is 2.76. The molecule has 2 nitrogen and oxygen atoms in total. The van der Waals surface area contributed by atoms with Gasteiger partial charge in [-0.05, 0) is 37.9 Å².